The van der Waals surface area contributed by atoms with Crippen LogP contribution in [0, 0.1) is 13.8 Å². The highest BCUT2D eigenvalue weighted by atomic mass is 35.5. The number of nitrogens with zero attached hydrogens (tertiary/aromatic N) is 2. The lowest BCUT2D eigenvalue weighted by Crippen LogP contribution is -2.26. The van der Waals surface area contributed by atoms with E-state index in [-0.39, 0.29) is 5.91 Å². The number of carbonyl (C=O) groups excluding carboxylic acids is 1. The third kappa shape index (κ3) is 3.33. The fourth-order valence-electron chi connectivity index (χ4n) is 1.83. The van der Waals surface area contributed by atoms with Crippen LogP contribution in [0.2, 0.25) is 5.15 Å². The molecule has 0 aliphatic heterocycles. The molecule has 0 N–H and O–H groups in total. The molecule has 3 nitrogen and oxygen atoms in total. The number of thiophene rings is 1. The Kier molecular flexibility index (Phi) is 4.22. The van der Waals surface area contributed by atoms with Gasteiger partial charge in [-0.2, -0.15) is 0 Å². The highest BCUT2D eigenvalue weighted by Crippen LogP contribution is 2.19. The van der Waals surface area contributed by atoms with E-state index in [1.54, 1.807) is 35.4 Å². The summed E-state index contributed by atoms with van der Waals surface area (Å²) in [6, 6.07) is 5.42. The number of hydrogen-bond donors (Lipinski definition) is 0. The van der Waals surface area contributed by atoms with Crippen LogP contribution in [0.15, 0.2) is 23.6 Å². The van der Waals surface area contributed by atoms with E-state index in [4.69, 9.17) is 11.6 Å². The first-order chi connectivity index (χ1) is 8.97. The van der Waals surface area contributed by atoms with Gasteiger partial charge in [0, 0.05) is 23.2 Å². The molecule has 0 aliphatic carbocycles. The predicted molar refractivity (Wildman–Crippen MR) is 78.8 cm³/mol. The lowest BCUT2D eigenvalue weighted by Gasteiger charge is -2.17. The molecular formula is C14H15ClN2OS. The molecule has 5 heteroatoms. The Bertz CT molecular complexity index is 589. The molecule has 100 valence electrons. The Morgan fingerprint density at radius 2 is 2.16 bits per heavy atom. The molecule has 0 radical (unpaired) electrons. The number of aryl methyl sites for hydroxylation is 2. The summed E-state index contributed by atoms with van der Waals surface area (Å²) in [7, 11) is 1.80. The minimum absolute atomic E-state index is 0.0415. The quantitative estimate of drug-likeness (QED) is 0.809. The summed E-state index contributed by atoms with van der Waals surface area (Å²) in [5.41, 5.74) is 2.54. The average Bonchev–Trinajstić information content (AvgIpc) is 2.72. The van der Waals surface area contributed by atoms with Gasteiger partial charge in [0.05, 0.1) is 6.54 Å². The van der Waals surface area contributed by atoms with Gasteiger partial charge in [-0.25, -0.2) is 4.98 Å². The maximum atomic E-state index is 12.3. The molecule has 1 amide bonds. The first kappa shape index (κ1) is 14.0. The summed E-state index contributed by atoms with van der Waals surface area (Å²) in [5.74, 6) is -0.0415. The number of hydrogen-bond acceptors (Lipinski definition) is 3. The number of pyridine rings is 1. The van der Waals surface area contributed by atoms with Gasteiger partial charge in [0.2, 0.25) is 0 Å². The second-order valence-electron chi connectivity index (χ2n) is 4.51. The molecule has 2 rings (SSSR count). The molecule has 0 aromatic carbocycles. The van der Waals surface area contributed by atoms with E-state index in [1.807, 2.05) is 12.3 Å². The second-order valence-corrected chi connectivity index (χ2v) is 5.90. The van der Waals surface area contributed by atoms with Gasteiger partial charge >= 0.3 is 0 Å². The summed E-state index contributed by atoms with van der Waals surface area (Å²) < 4.78 is 0. The van der Waals surface area contributed by atoms with E-state index in [0.29, 0.717) is 17.3 Å². The Balaban J connectivity index is 2.17. The molecular weight excluding hydrogens is 280 g/mol. The van der Waals surface area contributed by atoms with Crippen molar-refractivity contribution in [2.24, 2.45) is 0 Å². The maximum Gasteiger partial charge on any atom is 0.254 e. The lowest BCUT2D eigenvalue weighted by atomic mass is 10.2. The van der Waals surface area contributed by atoms with Gasteiger partial charge < -0.3 is 4.90 Å². The van der Waals surface area contributed by atoms with Crippen LogP contribution in [0.25, 0.3) is 0 Å². The van der Waals surface area contributed by atoms with E-state index in [0.717, 1.165) is 5.69 Å². The molecule has 0 saturated carbocycles. The Hall–Kier alpha value is -1.39. The zero-order valence-corrected chi connectivity index (χ0v) is 12.7. The van der Waals surface area contributed by atoms with Gasteiger partial charge in [0.1, 0.15) is 5.15 Å². The molecule has 0 fully saturated rings. The maximum absolute atomic E-state index is 12.3. The summed E-state index contributed by atoms with van der Waals surface area (Å²) in [6.45, 7) is 4.49. The number of amides is 1. The van der Waals surface area contributed by atoms with Crippen molar-refractivity contribution in [3.63, 3.8) is 0 Å². The Labute approximate surface area is 121 Å². The highest BCUT2D eigenvalue weighted by Gasteiger charge is 2.14. The van der Waals surface area contributed by atoms with Crippen LogP contribution in [-0.4, -0.2) is 22.8 Å². The standard InChI is InChI=1S/C14H15ClN2OS/c1-9-4-5-19-12(9)8-17(3)14(18)11-6-10(2)16-13(15)7-11/h4-7H,8H2,1-3H3. The van der Waals surface area contributed by atoms with Crippen molar-refractivity contribution in [1.29, 1.82) is 0 Å². The normalized spacial score (nSPS) is 10.5. The van der Waals surface area contributed by atoms with Crippen molar-refractivity contribution in [3.8, 4) is 0 Å². The summed E-state index contributed by atoms with van der Waals surface area (Å²) in [5, 5.41) is 2.39. The van der Waals surface area contributed by atoms with Crippen LogP contribution in [0.4, 0.5) is 0 Å². The number of rotatable bonds is 3. The molecule has 0 unspecified atom stereocenters. The molecule has 2 aromatic rings. The van der Waals surface area contributed by atoms with E-state index in [2.05, 4.69) is 18.0 Å². The zero-order chi connectivity index (χ0) is 14.0. The topological polar surface area (TPSA) is 33.2 Å². The van der Waals surface area contributed by atoms with Gasteiger partial charge in [-0.05, 0) is 43.0 Å². The second kappa shape index (κ2) is 5.72. The largest absolute Gasteiger partial charge is 0.337 e. The van der Waals surface area contributed by atoms with Crippen LogP contribution >= 0.6 is 22.9 Å². The molecule has 0 aliphatic rings. The molecule has 0 spiro atoms. The van der Waals surface area contributed by atoms with E-state index in [9.17, 15) is 4.79 Å². The minimum Gasteiger partial charge on any atom is -0.337 e. The van der Waals surface area contributed by atoms with Crippen molar-refractivity contribution in [3.05, 3.63) is 50.4 Å². The Morgan fingerprint density at radius 1 is 1.42 bits per heavy atom. The number of halogens is 1. The fraction of sp³-hybridized carbons (Fsp3) is 0.286. The van der Waals surface area contributed by atoms with Crippen molar-refractivity contribution in [2.75, 3.05) is 7.05 Å². The zero-order valence-electron chi connectivity index (χ0n) is 11.1. The van der Waals surface area contributed by atoms with Gasteiger partial charge in [0.25, 0.3) is 5.91 Å². The third-order valence-corrected chi connectivity index (χ3v) is 4.07. The summed E-state index contributed by atoms with van der Waals surface area (Å²) in [4.78, 5) is 19.3. The highest BCUT2D eigenvalue weighted by molar-refractivity contribution is 7.10. The van der Waals surface area contributed by atoms with E-state index in [1.165, 1.54) is 10.4 Å². The number of aromatic nitrogens is 1. The van der Waals surface area contributed by atoms with Gasteiger partial charge in [-0.15, -0.1) is 11.3 Å². The predicted octanol–water partition coefficient (Wildman–Crippen LogP) is 3.69. The van der Waals surface area contributed by atoms with Crippen LogP contribution < -0.4 is 0 Å². The van der Waals surface area contributed by atoms with Crippen LogP contribution in [0.3, 0.4) is 0 Å². The third-order valence-electron chi connectivity index (χ3n) is 2.86. The summed E-state index contributed by atoms with van der Waals surface area (Å²) in [6.07, 6.45) is 0. The first-order valence-corrected chi connectivity index (χ1v) is 7.16. The van der Waals surface area contributed by atoms with Crippen LogP contribution in [0.1, 0.15) is 26.5 Å². The fourth-order valence-corrected chi connectivity index (χ4v) is 3.03. The summed E-state index contributed by atoms with van der Waals surface area (Å²) >= 11 is 7.55. The van der Waals surface area contributed by atoms with Gasteiger partial charge in [-0.3, -0.25) is 4.79 Å². The van der Waals surface area contributed by atoms with Crippen molar-refractivity contribution in [1.82, 2.24) is 9.88 Å². The van der Waals surface area contributed by atoms with Gasteiger partial charge in [0.15, 0.2) is 0 Å². The Morgan fingerprint density at radius 3 is 2.74 bits per heavy atom. The monoisotopic (exact) mass is 294 g/mol. The van der Waals surface area contributed by atoms with Crippen molar-refractivity contribution in [2.45, 2.75) is 20.4 Å². The first-order valence-electron chi connectivity index (χ1n) is 5.90. The smallest absolute Gasteiger partial charge is 0.254 e. The molecule has 0 saturated heterocycles. The van der Waals surface area contributed by atoms with E-state index >= 15 is 0 Å². The molecule has 2 aromatic heterocycles. The van der Waals surface area contributed by atoms with Crippen molar-refractivity contribution < 1.29 is 4.79 Å². The van der Waals surface area contributed by atoms with Crippen molar-refractivity contribution >= 4 is 28.8 Å². The van der Waals surface area contributed by atoms with E-state index < -0.39 is 0 Å². The molecule has 0 atom stereocenters. The molecule has 19 heavy (non-hydrogen) atoms. The lowest BCUT2D eigenvalue weighted by molar-refractivity contribution is 0.0786. The SMILES string of the molecule is Cc1cc(C(=O)N(C)Cc2sccc2C)cc(Cl)n1. The van der Waals surface area contributed by atoms with Gasteiger partial charge in [-0.1, -0.05) is 11.6 Å². The average molecular weight is 295 g/mol. The van der Waals surface area contributed by atoms with Crippen LogP contribution in [-0.2, 0) is 6.54 Å². The molecule has 2 heterocycles. The number of carbonyl (C=O) groups is 1. The van der Waals surface area contributed by atoms with Crippen LogP contribution in [0.5, 0.6) is 0 Å². The minimum atomic E-state index is -0.0415. The molecule has 0 bridgehead atoms.